The van der Waals surface area contributed by atoms with Crippen LogP contribution >= 0.6 is 0 Å². The number of ether oxygens (including phenoxy) is 1. The number of sulfonamides is 1. The normalized spacial score (nSPS) is 11.8. The minimum absolute atomic E-state index is 0.0910. The molecule has 7 heteroatoms. The summed E-state index contributed by atoms with van der Waals surface area (Å²) < 4.78 is 31.6. The van der Waals surface area contributed by atoms with Gasteiger partial charge in [-0.1, -0.05) is 12.1 Å². The molecular formula is C14H22N2O4S. The first kappa shape index (κ1) is 17.8. The van der Waals surface area contributed by atoms with Gasteiger partial charge in [-0.05, 0) is 26.1 Å². The van der Waals surface area contributed by atoms with Crippen LogP contribution in [0, 0.1) is 0 Å². The molecule has 0 saturated carbocycles. The Bertz CT molecular complexity index is 555. The SMILES string of the molecule is COCCN(C)CCNS(=O)(=O)c1ccc(C(C)=O)cc1. The largest absolute Gasteiger partial charge is 0.383 e. The Hall–Kier alpha value is -1.28. The molecule has 0 aliphatic rings. The first-order valence-corrected chi connectivity index (χ1v) is 8.13. The number of benzene rings is 1. The Morgan fingerprint density at radius 2 is 1.86 bits per heavy atom. The minimum atomic E-state index is -3.54. The molecule has 6 nitrogen and oxygen atoms in total. The molecule has 0 heterocycles. The van der Waals surface area contributed by atoms with E-state index in [1.807, 2.05) is 11.9 Å². The summed E-state index contributed by atoms with van der Waals surface area (Å²) in [5.41, 5.74) is 0.494. The number of methoxy groups -OCH3 is 1. The highest BCUT2D eigenvalue weighted by molar-refractivity contribution is 7.89. The molecule has 0 unspecified atom stereocenters. The zero-order valence-corrected chi connectivity index (χ0v) is 13.4. The van der Waals surface area contributed by atoms with Crippen molar-refractivity contribution in [2.75, 3.05) is 40.4 Å². The molecule has 0 saturated heterocycles. The number of carbonyl (C=O) groups excluding carboxylic acids is 1. The van der Waals surface area contributed by atoms with Crippen LogP contribution in [0.1, 0.15) is 17.3 Å². The number of carbonyl (C=O) groups is 1. The van der Waals surface area contributed by atoms with Crippen LogP contribution in [0.3, 0.4) is 0 Å². The van der Waals surface area contributed by atoms with Crippen molar-refractivity contribution < 1.29 is 17.9 Å². The van der Waals surface area contributed by atoms with E-state index < -0.39 is 10.0 Å². The van der Waals surface area contributed by atoms with Crippen molar-refractivity contribution in [3.8, 4) is 0 Å². The Labute approximate surface area is 126 Å². The standard InChI is InChI=1S/C14H22N2O4S/c1-12(17)13-4-6-14(7-5-13)21(18,19)15-8-9-16(2)10-11-20-3/h4-7,15H,8-11H2,1-3H3. The van der Waals surface area contributed by atoms with Gasteiger partial charge in [-0.2, -0.15) is 0 Å². The number of rotatable bonds is 9. The first-order valence-electron chi connectivity index (χ1n) is 6.65. The summed E-state index contributed by atoms with van der Waals surface area (Å²) >= 11 is 0. The number of ketones is 1. The first-order chi connectivity index (χ1) is 9.86. The van der Waals surface area contributed by atoms with Gasteiger partial charge in [-0.25, -0.2) is 13.1 Å². The summed E-state index contributed by atoms with van der Waals surface area (Å²) in [6.07, 6.45) is 0. The third kappa shape index (κ3) is 5.92. The van der Waals surface area contributed by atoms with Crippen molar-refractivity contribution in [1.29, 1.82) is 0 Å². The average Bonchev–Trinajstić information content (AvgIpc) is 2.45. The van der Waals surface area contributed by atoms with Crippen molar-refractivity contribution in [2.45, 2.75) is 11.8 Å². The lowest BCUT2D eigenvalue weighted by Gasteiger charge is -2.16. The fourth-order valence-corrected chi connectivity index (χ4v) is 2.70. The van der Waals surface area contributed by atoms with Crippen LogP contribution in [0.4, 0.5) is 0 Å². The van der Waals surface area contributed by atoms with E-state index in [-0.39, 0.29) is 10.7 Å². The van der Waals surface area contributed by atoms with Crippen LogP contribution in [0.25, 0.3) is 0 Å². The maximum absolute atomic E-state index is 12.1. The maximum Gasteiger partial charge on any atom is 0.240 e. The quantitative estimate of drug-likeness (QED) is 0.681. The van der Waals surface area contributed by atoms with Crippen LogP contribution in [0.5, 0.6) is 0 Å². The van der Waals surface area contributed by atoms with E-state index >= 15 is 0 Å². The van der Waals surface area contributed by atoms with Crippen LogP contribution in [-0.2, 0) is 14.8 Å². The summed E-state index contributed by atoms with van der Waals surface area (Å²) in [5.74, 6) is -0.0910. The lowest BCUT2D eigenvalue weighted by molar-refractivity contribution is 0.101. The predicted molar refractivity (Wildman–Crippen MR) is 81.0 cm³/mol. The van der Waals surface area contributed by atoms with Gasteiger partial charge < -0.3 is 9.64 Å². The molecule has 1 aromatic carbocycles. The van der Waals surface area contributed by atoms with E-state index in [2.05, 4.69) is 4.72 Å². The molecule has 118 valence electrons. The molecule has 1 rings (SSSR count). The Morgan fingerprint density at radius 3 is 2.38 bits per heavy atom. The molecule has 1 N–H and O–H groups in total. The molecule has 0 spiro atoms. The third-order valence-corrected chi connectivity index (χ3v) is 4.51. The molecule has 0 fully saturated rings. The summed E-state index contributed by atoms with van der Waals surface area (Å²) in [4.78, 5) is 13.3. The molecule has 0 bridgehead atoms. The molecule has 0 aliphatic heterocycles. The van der Waals surface area contributed by atoms with E-state index in [0.29, 0.717) is 25.3 Å². The number of nitrogens with one attached hydrogen (secondary N) is 1. The maximum atomic E-state index is 12.1. The smallest absolute Gasteiger partial charge is 0.240 e. The van der Waals surface area contributed by atoms with Crippen molar-refractivity contribution in [3.63, 3.8) is 0 Å². The summed E-state index contributed by atoms with van der Waals surface area (Å²) in [6.45, 7) is 3.70. The number of nitrogens with zero attached hydrogens (tertiary/aromatic N) is 1. The zero-order valence-electron chi connectivity index (χ0n) is 12.6. The second-order valence-electron chi connectivity index (χ2n) is 4.77. The van der Waals surface area contributed by atoms with Gasteiger partial charge in [0.2, 0.25) is 10.0 Å². The zero-order chi connectivity index (χ0) is 15.9. The molecule has 0 aliphatic carbocycles. The minimum Gasteiger partial charge on any atom is -0.383 e. The molecule has 0 atom stereocenters. The summed E-state index contributed by atoms with van der Waals surface area (Å²) in [7, 11) is -0.0141. The van der Waals surface area contributed by atoms with Crippen molar-refractivity contribution in [2.24, 2.45) is 0 Å². The fraction of sp³-hybridized carbons (Fsp3) is 0.500. The number of hydrogen-bond acceptors (Lipinski definition) is 5. The van der Waals surface area contributed by atoms with E-state index in [0.717, 1.165) is 6.54 Å². The van der Waals surface area contributed by atoms with Crippen molar-refractivity contribution in [1.82, 2.24) is 9.62 Å². The van der Waals surface area contributed by atoms with Gasteiger partial charge in [-0.15, -0.1) is 0 Å². The van der Waals surface area contributed by atoms with Gasteiger partial charge >= 0.3 is 0 Å². The lowest BCUT2D eigenvalue weighted by atomic mass is 10.2. The molecular weight excluding hydrogens is 292 g/mol. The second kappa shape index (κ2) is 8.23. The molecule has 0 aromatic heterocycles. The van der Waals surface area contributed by atoms with E-state index in [1.54, 1.807) is 7.11 Å². The Morgan fingerprint density at radius 1 is 1.24 bits per heavy atom. The highest BCUT2D eigenvalue weighted by Gasteiger charge is 2.14. The monoisotopic (exact) mass is 314 g/mol. The number of Topliss-reactive ketones (excluding diaryl/α,β-unsaturated/α-hetero) is 1. The topological polar surface area (TPSA) is 75.7 Å². The van der Waals surface area contributed by atoms with E-state index in [1.165, 1.54) is 31.2 Å². The molecule has 0 radical (unpaired) electrons. The van der Waals surface area contributed by atoms with E-state index in [4.69, 9.17) is 4.74 Å². The highest BCUT2D eigenvalue weighted by atomic mass is 32.2. The van der Waals surface area contributed by atoms with Crippen LogP contribution in [0.15, 0.2) is 29.2 Å². The van der Waals surface area contributed by atoms with E-state index in [9.17, 15) is 13.2 Å². The number of likely N-dealkylation sites (N-methyl/N-ethyl adjacent to an activating group) is 1. The third-order valence-electron chi connectivity index (χ3n) is 3.03. The van der Waals surface area contributed by atoms with Gasteiger partial charge in [0.05, 0.1) is 11.5 Å². The van der Waals surface area contributed by atoms with Crippen molar-refractivity contribution in [3.05, 3.63) is 29.8 Å². The molecule has 0 amide bonds. The van der Waals surface area contributed by atoms with Gasteiger partial charge in [0.25, 0.3) is 0 Å². The molecule has 21 heavy (non-hydrogen) atoms. The van der Waals surface area contributed by atoms with Crippen LogP contribution < -0.4 is 4.72 Å². The Balaban J connectivity index is 2.55. The number of hydrogen-bond donors (Lipinski definition) is 1. The lowest BCUT2D eigenvalue weighted by Crippen LogP contribution is -2.34. The van der Waals surface area contributed by atoms with Gasteiger partial charge in [0.15, 0.2) is 5.78 Å². The highest BCUT2D eigenvalue weighted by Crippen LogP contribution is 2.10. The average molecular weight is 314 g/mol. The Kier molecular flexibility index (Phi) is 6.97. The van der Waals surface area contributed by atoms with Gasteiger partial charge in [-0.3, -0.25) is 4.79 Å². The second-order valence-corrected chi connectivity index (χ2v) is 6.54. The summed E-state index contributed by atoms with van der Waals surface area (Å²) in [6, 6.07) is 5.91. The van der Waals surface area contributed by atoms with Gasteiger partial charge in [0, 0.05) is 32.3 Å². The van der Waals surface area contributed by atoms with Gasteiger partial charge in [0.1, 0.15) is 0 Å². The molecule has 1 aromatic rings. The summed E-state index contributed by atoms with van der Waals surface area (Å²) in [5, 5.41) is 0. The van der Waals surface area contributed by atoms with Crippen LogP contribution in [-0.4, -0.2) is 59.5 Å². The fourth-order valence-electron chi connectivity index (χ4n) is 1.68. The van der Waals surface area contributed by atoms with Crippen LogP contribution in [0.2, 0.25) is 0 Å². The predicted octanol–water partition coefficient (Wildman–Crippen LogP) is 0.746. The van der Waals surface area contributed by atoms with Crippen molar-refractivity contribution >= 4 is 15.8 Å².